The predicted molar refractivity (Wildman–Crippen MR) is 145 cm³/mol. The monoisotopic (exact) mass is 592 g/mol. The Hall–Kier alpha value is -2.65. The molecule has 1 saturated heterocycles. The summed E-state index contributed by atoms with van der Waals surface area (Å²) in [5.41, 5.74) is 2.25. The second kappa shape index (κ2) is 11.4. The number of ether oxygens (including phenoxy) is 3. The van der Waals surface area contributed by atoms with Crippen LogP contribution in [-0.2, 0) is 11.4 Å². The number of aliphatic imine (C=N–C) groups is 1. The Labute approximate surface area is 225 Å². The number of nitrogens with one attached hydrogen (secondary N) is 1. The van der Waals surface area contributed by atoms with E-state index in [0.29, 0.717) is 37.3 Å². The fraction of sp³-hybridized carbons (Fsp3) is 0.120. The van der Waals surface area contributed by atoms with Crippen LogP contribution in [0.4, 0.5) is 5.69 Å². The fourth-order valence-electron chi connectivity index (χ4n) is 3.12. The summed E-state index contributed by atoms with van der Waals surface area (Å²) < 4.78 is 17.4. The van der Waals surface area contributed by atoms with Gasteiger partial charge in [0.05, 0.1) is 24.8 Å². The fourth-order valence-corrected chi connectivity index (χ4v) is 4.86. The number of halogens is 3. The molecule has 1 fully saturated rings. The largest absolute Gasteiger partial charge is 0.497 e. The number of hydrogen-bond acceptors (Lipinski definition) is 6. The van der Waals surface area contributed by atoms with E-state index in [1.54, 1.807) is 44.6 Å². The molecule has 4 rings (SSSR count). The molecule has 0 spiro atoms. The van der Waals surface area contributed by atoms with Gasteiger partial charge >= 0.3 is 0 Å². The number of amidine groups is 1. The van der Waals surface area contributed by atoms with E-state index in [0.717, 1.165) is 21.3 Å². The third-order valence-corrected chi connectivity index (χ3v) is 7.11. The van der Waals surface area contributed by atoms with Crippen LogP contribution in [0.3, 0.4) is 0 Å². The summed E-state index contributed by atoms with van der Waals surface area (Å²) in [7, 11) is 3.16. The van der Waals surface area contributed by atoms with Crippen LogP contribution in [0.25, 0.3) is 6.08 Å². The maximum Gasteiger partial charge on any atom is 0.264 e. The van der Waals surface area contributed by atoms with E-state index in [-0.39, 0.29) is 12.5 Å². The maximum absolute atomic E-state index is 12.5. The van der Waals surface area contributed by atoms with Crippen LogP contribution in [0, 0.1) is 0 Å². The number of rotatable bonds is 7. The Morgan fingerprint density at radius 1 is 1.03 bits per heavy atom. The van der Waals surface area contributed by atoms with Gasteiger partial charge in [0.15, 0.2) is 16.7 Å². The van der Waals surface area contributed by atoms with Gasteiger partial charge in [-0.1, -0.05) is 45.2 Å². The lowest BCUT2D eigenvalue weighted by molar-refractivity contribution is -0.115. The van der Waals surface area contributed by atoms with Crippen molar-refractivity contribution in [3.8, 4) is 17.2 Å². The molecular formula is C25H19BrCl2N2O4S. The molecule has 1 aliphatic rings. The van der Waals surface area contributed by atoms with E-state index in [2.05, 4.69) is 26.2 Å². The van der Waals surface area contributed by atoms with E-state index in [1.165, 1.54) is 11.8 Å². The van der Waals surface area contributed by atoms with E-state index in [4.69, 9.17) is 37.4 Å². The summed E-state index contributed by atoms with van der Waals surface area (Å²) in [6.45, 7) is 0.239. The smallest absolute Gasteiger partial charge is 0.264 e. The number of benzene rings is 3. The van der Waals surface area contributed by atoms with Crippen LogP contribution in [0.1, 0.15) is 11.1 Å². The summed E-state index contributed by atoms with van der Waals surface area (Å²) in [5, 5.41) is 4.36. The van der Waals surface area contributed by atoms with Gasteiger partial charge in [0, 0.05) is 20.1 Å². The van der Waals surface area contributed by atoms with Crippen molar-refractivity contribution < 1.29 is 19.0 Å². The topological polar surface area (TPSA) is 69.2 Å². The van der Waals surface area contributed by atoms with Gasteiger partial charge in [-0.3, -0.25) is 4.79 Å². The van der Waals surface area contributed by atoms with Gasteiger partial charge in [0.2, 0.25) is 0 Å². The third-order valence-electron chi connectivity index (χ3n) is 4.92. The van der Waals surface area contributed by atoms with E-state index >= 15 is 0 Å². The summed E-state index contributed by atoms with van der Waals surface area (Å²) in [5.74, 6) is 1.55. The van der Waals surface area contributed by atoms with E-state index in [1.807, 2.05) is 30.3 Å². The number of methoxy groups -OCH3 is 2. The summed E-state index contributed by atoms with van der Waals surface area (Å²) in [6.07, 6.45) is 1.77. The zero-order valence-corrected chi connectivity index (χ0v) is 22.5. The Kier molecular flexibility index (Phi) is 8.28. The van der Waals surface area contributed by atoms with Crippen molar-refractivity contribution in [2.75, 3.05) is 14.2 Å². The molecule has 3 aromatic rings. The standard InChI is InChI=1S/C25H19BrCl2N2O4S/c1-32-18-7-5-17(6-8-18)29-25-30-24(31)23(35-25)10-15-9-21(33-2)22(12-19(15)26)34-13-14-3-4-16(27)11-20(14)28/h3-12H,13H2,1-2H3,(H,29,30,31)/b23-10+. The highest BCUT2D eigenvalue weighted by Gasteiger charge is 2.24. The highest BCUT2D eigenvalue weighted by molar-refractivity contribution is 9.10. The molecular weight excluding hydrogens is 575 g/mol. The lowest BCUT2D eigenvalue weighted by atomic mass is 10.1. The molecule has 6 nitrogen and oxygen atoms in total. The van der Waals surface area contributed by atoms with Crippen molar-refractivity contribution in [3.05, 3.63) is 85.1 Å². The number of carbonyl (C=O) groups is 1. The first kappa shape index (κ1) is 25.4. The van der Waals surface area contributed by atoms with Crippen LogP contribution >= 0.6 is 50.9 Å². The number of amides is 1. The minimum absolute atomic E-state index is 0.231. The van der Waals surface area contributed by atoms with Crippen LogP contribution in [0.15, 0.2) is 69.0 Å². The Morgan fingerprint density at radius 3 is 2.49 bits per heavy atom. The molecule has 180 valence electrons. The summed E-state index contributed by atoms with van der Waals surface area (Å²) in [4.78, 5) is 17.5. The molecule has 35 heavy (non-hydrogen) atoms. The third kappa shape index (κ3) is 6.32. The minimum atomic E-state index is -0.231. The number of hydrogen-bond donors (Lipinski definition) is 1. The Balaban J connectivity index is 1.52. The minimum Gasteiger partial charge on any atom is -0.497 e. The highest BCUT2D eigenvalue weighted by Crippen LogP contribution is 2.37. The second-order valence-electron chi connectivity index (χ2n) is 7.23. The SMILES string of the molecule is COc1ccc(N=C2NC(=O)/C(=C\c3cc(OC)c(OCc4ccc(Cl)cc4Cl)cc3Br)S2)cc1. The highest BCUT2D eigenvalue weighted by atomic mass is 79.9. The normalized spacial score (nSPS) is 15.4. The van der Waals surface area contributed by atoms with Gasteiger partial charge in [-0.2, -0.15) is 0 Å². The molecule has 10 heteroatoms. The predicted octanol–water partition coefficient (Wildman–Crippen LogP) is 7.24. The van der Waals surface area contributed by atoms with Crippen molar-refractivity contribution in [2.45, 2.75) is 6.61 Å². The van der Waals surface area contributed by atoms with Crippen molar-refractivity contribution in [2.24, 2.45) is 4.99 Å². The Bertz CT molecular complexity index is 1330. The van der Waals surface area contributed by atoms with Gasteiger partial charge in [0.25, 0.3) is 5.91 Å². The van der Waals surface area contributed by atoms with Gasteiger partial charge in [-0.05, 0) is 71.9 Å². The molecule has 0 aliphatic carbocycles. The Morgan fingerprint density at radius 2 is 1.80 bits per heavy atom. The van der Waals surface area contributed by atoms with Crippen molar-refractivity contribution >= 4 is 73.7 Å². The van der Waals surface area contributed by atoms with Crippen LogP contribution < -0.4 is 19.5 Å². The van der Waals surface area contributed by atoms with Gasteiger partial charge in [-0.15, -0.1) is 0 Å². The van der Waals surface area contributed by atoms with Crippen LogP contribution in [-0.4, -0.2) is 25.3 Å². The molecule has 1 heterocycles. The lowest BCUT2D eigenvalue weighted by Crippen LogP contribution is -2.19. The number of carbonyl (C=O) groups excluding carboxylic acids is 1. The van der Waals surface area contributed by atoms with Gasteiger partial charge < -0.3 is 19.5 Å². The molecule has 1 amide bonds. The van der Waals surface area contributed by atoms with Crippen LogP contribution in [0.2, 0.25) is 10.0 Å². The van der Waals surface area contributed by atoms with E-state index < -0.39 is 0 Å². The molecule has 0 unspecified atom stereocenters. The molecule has 3 aromatic carbocycles. The average Bonchev–Trinajstić information content (AvgIpc) is 3.18. The second-order valence-corrected chi connectivity index (χ2v) is 9.96. The summed E-state index contributed by atoms with van der Waals surface area (Å²) >= 11 is 17.0. The number of thioether (sulfide) groups is 1. The molecule has 0 radical (unpaired) electrons. The zero-order valence-electron chi connectivity index (χ0n) is 18.6. The molecule has 0 saturated carbocycles. The number of nitrogens with zero attached hydrogens (tertiary/aromatic N) is 1. The first-order valence-electron chi connectivity index (χ1n) is 10.2. The zero-order chi connectivity index (χ0) is 24.9. The lowest BCUT2D eigenvalue weighted by Gasteiger charge is -2.14. The molecule has 1 aliphatic heterocycles. The van der Waals surface area contributed by atoms with Crippen molar-refractivity contribution in [1.82, 2.24) is 5.32 Å². The van der Waals surface area contributed by atoms with Crippen molar-refractivity contribution in [1.29, 1.82) is 0 Å². The molecule has 0 atom stereocenters. The maximum atomic E-state index is 12.5. The van der Waals surface area contributed by atoms with Crippen molar-refractivity contribution in [3.63, 3.8) is 0 Å². The quantitative estimate of drug-likeness (QED) is 0.292. The molecule has 1 N–H and O–H groups in total. The average molecular weight is 594 g/mol. The first-order chi connectivity index (χ1) is 16.9. The van der Waals surface area contributed by atoms with Crippen LogP contribution in [0.5, 0.6) is 17.2 Å². The first-order valence-corrected chi connectivity index (χ1v) is 12.6. The molecule has 0 aromatic heterocycles. The van der Waals surface area contributed by atoms with Gasteiger partial charge in [-0.25, -0.2) is 4.99 Å². The van der Waals surface area contributed by atoms with E-state index in [9.17, 15) is 4.79 Å². The summed E-state index contributed by atoms with van der Waals surface area (Å²) in [6, 6.07) is 16.1. The van der Waals surface area contributed by atoms with Gasteiger partial charge in [0.1, 0.15) is 12.4 Å². The molecule has 0 bridgehead atoms.